The van der Waals surface area contributed by atoms with E-state index in [-0.39, 0.29) is 0 Å². The summed E-state index contributed by atoms with van der Waals surface area (Å²) in [5.41, 5.74) is -2.82. The highest BCUT2D eigenvalue weighted by Gasteiger charge is 2.38. The van der Waals surface area contributed by atoms with Gasteiger partial charge in [-0.05, 0) is 0 Å². The van der Waals surface area contributed by atoms with Gasteiger partial charge in [0.2, 0.25) is 11.8 Å². The van der Waals surface area contributed by atoms with Gasteiger partial charge in [-0.3, -0.25) is 0 Å². The Labute approximate surface area is 163 Å². The number of ether oxygens (including phenoxy) is 2. The number of nitrogens with one attached hydrogen (secondary N) is 2. The van der Waals surface area contributed by atoms with Crippen LogP contribution in [0.4, 0.5) is 28.9 Å². The van der Waals surface area contributed by atoms with Gasteiger partial charge in [-0.15, -0.1) is 0 Å². The van der Waals surface area contributed by atoms with Crippen molar-refractivity contribution in [2.24, 2.45) is 0 Å². The molecule has 0 saturated heterocycles. The predicted molar refractivity (Wildman–Crippen MR) is 88.8 cm³/mol. The van der Waals surface area contributed by atoms with Crippen LogP contribution in [0, 0.1) is 68.6 Å². The van der Waals surface area contributed by atoms with Crippen molar-refractivity contribution in [1.82, 2.24) is 0 Å². The van der Waals surface area contributed by atoms with Gasteiger partial charge in [-0.1, -0.05) is 0 Å². The molecule has 0 radical (unpaired) electrons. The van der Waals surface area contributed by atoms with Crippen LogP contribution in [0.15, 0.2) is 22.9 Å². The Morgan fingerprint density at radius 2 is 0.933 bits per heavy atom. The van der Waals surface area contributed by atoms with Crippen molar-refractivity contribution in [3.63, 3.8) is 0 Å². The molecule has 0 aromatic heterocycles. The van der Waals surface area contributed by atoms with Crippen LogP contribution >= 0.6 is 0 Å². The van der Waals surface area contributed by atoms with Gasteiger partial charge in [0.1, 0.15) is 35.7 Å². The summed E-state index contributed by atoms with van der Waals surface area (Å²) < 4.78 is 69.3. The largest absolute Gasteiger partial charge is 0.436 e. The average Bonchev–Trinajstić information content (AvgIpc) is 3.36. The minimum Gasteiger partial charge on any atom is -0.436 e. The molecule has 0 fully saturated rings. The van der Waals surface area contributed by atoms with Crippen LogP contribution in [-0.2, 0) is 0 Å². The summed E-state index contributed by atoms with van der Waals surface area (Å²) in [6.07, 6.45) is 0. The van der Waals surface area contributed by atoms with E-state index in [0.29, 0.717) is 0 Å². The summed E-state index contributed by atoms with van der Waals surface area (Å²) in [5, 5.41) is 38.2. The standard InChI is InChI=1S/C18H2F4N6O2/c19-9-7-8(16-14(12(9)22)28-18(30-16)6(3-25)4-26)10(20)11(21)13-15(7)29-17(27-13)5(1-23)2-24/h27-28H. The molecule has 2 N–H and O–H groups in total. The first-order valence-corrected chi connectivity index (χ1v) is 7.72. The molecule has 0 bridgehead atoms. The summed E-state index contributed by atoms with van der Waals surface area (Å²) in [6, 6.07) is 5.82. The molecule has 0 saturated carbocycles. The second-order valence-electron chi connectivity index (χ2n) is 5.72. The zero-order valence-corrected chi connectivity index (χ0v) is 14.1. The molecule has 12 heteroatoms. The maximum Gasteiger partial charge on any atom is 0.226 e. The monoisotopic (exact) mass is 410 g/mol. The zero-order chi connectivity index (χ0) is 21.7. The highest BCUT2D eigenvalue weighted by atomic mass is 19.2. The molecule has 2 aliphatic rings. The van der Waals surface area contributed by atoms with Gasteiger partial charge in [0.05, 0.1) is 10.8 Å². The van der Waals surface area contributed by atoms with E-state index in [1.54, 1.807) is 0 Å². The second kappa shape index (κ2) is 6.30. The van der Waals surface area contributed by atoms with Crippen molar-refractivity contribution in [3.8, 4) is 35.8 Å². The van der Waals surface area contributed by atoms with Crippen LogP contribution in [0.3, 0.4) is 0 Å². The Balaban J connectivity index is 2.10. The molecular formula is C18H2F4N6O2. The molecule has 30 heavy (non-hydrogen) atoms. The average molecular weight is 410 g/mol. The highest BCUT2D eigenvalue weighted by Crippen LogP contribution is 2.52. The van der Waals surface area contributed by atoms with E-state index in [4.69, 9.17) is 30.5 Å². The normalized spacial score (nSPS) is 12.8. The van der Waals surface area contributed by atoms with Crippen molar-refractivity contribution < 1.29 is 27.0 Å². The first kappa shape index (κ1) is 18.4. The SMILES string of the molecule is N#CC(C#N)=C1Nc2c(F)c(F)c3c4c(c(F)c(F)c3c2O1)NC(=C(C#N)C#N)O4. The lowest BCUT2D eigenvalue weighted by Gasteiger charge is -2.11. The second-order valence-corrected chi connectivity index (χ2v) is 5.72. The minimum atomic E-state index is -1.66. The zero-order valence-electron chi connectivity index (χ0n) is 14.1. The first-order valence-electron chi connectivity index (χ1n) is 7.72. The molecule has 144 valence electrons. The number of nitrogens with zero attached hydrogens (tertiary/aromatic N) is 4. The first-order chi connectivity index (χ1) is 14.4. The Hall–Kier alpha value is -4.94. The van der Waals surface area contributed by atoms with Gasteiger partial charge in [-0.2, -0.15) is 21.0 Å². The molecule has 0 aliphatic carbocycles. The number of halogens is 4. The number of hydrogen-bond acceptors (Lipinski definition) is 8. The van der Waals surface area contributed by atoms with E-state index in [0.717, 1.165) is 0 Å². The third-order valence-corrected chi connectivity index (χ3v) is 4.21. The lowest BCUT2D eigenvalue weighted by molar-refractivity contribution is 0.443. The lowest BCUT2D eigenvalue weighted by atomic mass is 10.0. The lowest BCUT2D eigenvalue weighted by Crippen LogP contribution is -2.01. The number of rotatable bonds is 0. The van der Waals surface area contributed by atoms with Gasteiger partial charge in [0.15, 0.2) is 45.9 Å². The fourth-order valence-corrected chi connectivity index (χ4v) is 2.92. The summed E-state index contributed by atoms with van der Waals surface area (Å²) in [6.45, 7) is 0. The maximum absolute atomic E-state index is 14.8. The molecule has 0 amide bonds. The number of anilines is 2. The van der Waals surface area contributed by atoms with Crippen molar-refractivity contribution in [1.29, 1.82) is 21.0 Å². The molecule has 0 spiro atoms. The summed E-state index contributed by atoms with van der Waals surface area (Å²) in [4.78, 5) is 0. The topological polar surface area (TPSA) is 138 Å². The fraction of sp³-hybridized carbons (Fsp3) is 0. The summed E-state index contributed by atoms with van der Waals surface area (Å²) in [7, 11) is 0. The number of allylic oxidation sites excluding steroid dienone is 2. The van der Waals surface area contributed by atoms with E-state index in [2.05, 4.69) is 10.6 Å². The van der Waals surface area contributed by atoms with Crippen molar-refractivity contribution in [2.45, 2.75) is 0 Å². The maximum atomic E-state index is 14.8. The Kier molecular flexibility index (Phi) is 3.87. The number of hydrogen-bond donors (Lipinski definition) is 2. The van der Waals surface area contributed by atoms with E-state index in [1.807, 2.05) is 0 Å². The van der Waals surface area contributed by atoms with E-state index < -0.39 is 79.8 Å². The number of benzene rings is 2. The Morgan fingerprint density at radius 3 is 1.23 bits per heavy atom. The molecule has 4 rings (SSSR count). The highest BCUT2D eigenvalue weighted by molar-refractivity contribution is 6.04. The van der Waals surface area contributed by atoms with E-state index in [9.17, 15) is 17.6 Å². The van der Waals surface area contributed by atoms with Gasteiger partial charge in [0, 0.05) is 0 Å². The number of nitriles is 4. The van der Waals surface area contributed by atoms with Crippen molar-refractivity contribution in [2.75, 3.05) is 10.6 Å². The van der Waals surface area contributed by atoms with Crippen LogP contribution in [0.5, 0.6) is 11.5 Å². The molecule has 2 aromatic rings. The Morgan fingerprint density at radius 1 is 0.600 bits per heavy atom. The molecule has 2 heterocycles. The molecule has 8 nitrogen and oxygen atoms in total. The van der Waals surface area contributed by atoms with Gasteiger partial charge >= 0.3 is 0 Å². The smallest absolute Gasteiger partial charge is 0.226 e. The van der Waals surface area contributed by atoms with Crippen molar-refractivity contribution >= 4 is 22.1 Å². The quantitative estimate of drug-likeness (QED) is 0.497. The van der Waals surface area contributed by atoms with Gasteiger partial charge in [-0.25, -0.2) is 17.6 Å². The van der Waals surface area contributed by atoms with E-state index in [1.165, 1.54) is 24.3 Å². The third kappa shape index (κ3) is 2.22. The van der Waals surface area contributed by atoms with Crippen LogP contribution in [-0.4, -0.2) is 0 Å². The molecule has 2 aliphatic heterocycles. The van der Waals surface area contributed by atoms with Crippen LogP contribution in [0.25, 0.3) is 10.8 Å². The van der Waals surface area contributed by atoms with Crippen LogP contribution < -0.4 is 20.1 Å². The van der Waals surface area contributed by atoms with Gasteiger partial charge in [0.25, 0.3) is 0 Å². The molecule has 0 atom stereocenters. The van der Waals surface area contributed by atoms with Crippen LogP contribution in [0.1, 0.15) is 0 Å². The van der Waals surface area contributed by atoms with Crippen LogP contribution in [0.2, 0.25) is 0 Å². The predicted octanol–water partition coefficient (Wildman–Crippen LogP) is 3.52. The van der Waals surface area contributed by atoms with E-state index >= 15 is 0 Å². The van der Waals surface area contributed by atoms with Crippen molar-refractivity contribution in [3.05, 3.63) is 46.2 Å². The Bertz CT molecular complexity index is 1290. The molecule has 2 aromatic carbocycles. The number of fused-ring (bicyclic) bond motifs is 5. The third-order valence-electron chi connectivity index (χ3n) is 4.21. The molecule has 0 unspecified atom stereocenters. The minimum absolute atomic E-state index is 0.600. The summed E-state index contributed by atoms with van der Waals surface area (Å²) >= 11 is 0. The fourth-order valence-electron chi connectivity index (χ4n) is 2.92. The van der Waals surface area contributed by atoms with Gasteiger partial charge < -0.3 is 20.1 Å². The molecular weight excluding hydrogens is 408 g/mol. The summed E-state index contributed by atoms with van der Waals surface area (Å²) in [5.74, 6) is -9.13.